The minimum Gasteiger partial charge on any atom is -0.319 e. The molecule has 1 aromatic heterocycles. The van der Waals surface area contributed by atoms with Crippen LogP contribution in [-0.4, -0.2) is 20.2 Å². The van der Waals surface area contributed by atoms with Gasteiger partial charge in [0.25, 0.3) is 0 Å². The van der Waals surface area contributed by atoms with Gasteiger partial charge in [-0.2, -0.15) is 0 Å². The van der Waals surface area contributed by atoms with E-state index in [-0.39, 0.29) is 16.5 Å². The van der Waals surface area contributed by atoms with E-state index in [1.165, 1.54) is 19.3 Å². The van der Waals surface area contributed by atoms with Crippen molar-refractivity contribution < 1.29 is 0 Å². The monoisotopic (exact) mass is 279 g/mol. The van der Waals surface area contributed by atoms with E-state index in [0.29, 0.717) is 0 Å². The first-order valence-corrected chi connectivity index (χ1v) is 7.72. The van der Waals surface area contributed by atoms with Crippen molar-refractivity contribution in [3.63, 3.8) is 0 Å². The van der Waals surface area contributed by atoms with E-state index in [1.54, 1.807) is 0 Å². The van der Waals surface area contributed by atoms with Crippen molar-refractivity contribution in [2.24, 2.45) is 11.1 Å². The summed E-state index contributed by atoms with van der Waals surface area (Å²) in [5, 5.41) is 12.5. The third kappa shape index (κ3) is 3.19. The molecule has 0 saturated heterocycles. The van der Waals surface area contributed by atoms with Gasteiger partial charge in [0.05, 0.1) is 11.1 Å². The lowest BCUT2D eigenvalue weighted by Gasteiger charge is -2.37. The van der Waals surface area contributed by atoms with Gasteiger partial charge in [0.2, 0.25) is 0 Å². The second kappa shape index (κ2) is 5.10. The zero-order valence-electron chi connectivity index (χ0n) is 13.6. The van der Waals surface area contributed by atoms with Gasteiger partial charge >= 0.3 is 0 Å². The molecule has 1 fully saturated rings. The second-order valence-corrected chi connectivity index (χ2v) is 8.18. The molecule has 5 nitrogen and oxygen atoms in total. The summed E-state index contributed by atoms with van der Waals surface area (Å²) in [5.41, 5.74) is 6.37. The summed E-state index contributed by atoms with van der Waals surface area (Å²) in [6.07, 6.45) is 6.59. The third-order valence-electron chi connectivity index (χ3n) is 4.20. The molecule has 1 aliphatic rings. The molecule has 1 heterocycles. The van der Waals surface area contributed by atoms with E-state index in [9.17, 15) is 0 Å². The first-order valence-electron chi connectivity index (χ1n) is 7.72. The van der Waals surface area contributed by atoms with Crippen molar-refractivity contribution in [2.75, 3.05) is 0 Å². The van der Waals surface area contributed by atoms with Gasteiger partial charge in [0.1, 0.15) is 0 Å². The van der Waals surface area contributed by atoms with E-state index in [0.717, 1.165) is 25.1 Å². The van der Waals surface area contributed by atoms with Crippen LogP contribution in [0.4, 0.5) is 0 Å². The van der Waals surface area contributed by atoms with Crippen LogP contribution in [0.2, 0.25) is 0 Å². The number of rotatable bonds is 3. The fourth-order valence-electron chi connectivity index (χ4n) is 3.68. The summed E-state index contributed by atoms with van der Waals surface area (Å²) in [7, 11) is 0. The lowest BCUT2D eigenvalue weighted by molar-refractivity contribution is 0.171. The van der Waals surface area contributed by atoms with Gasteiger partial charge in [-0.15, -0.1) is 5.10 Å². The minimum absolute atomic E-state index is 0.124. The maximum atomic E-state index is 6.62. The normalized spacial score (nSPS) is 20.1. The van der Waals surface area contributed by atoms with Gasteiger partial charge in [0.15, 0.2) is 5.82 Å². The standard InChI is InChI=1S/C15H29N5/c1-13(2,3)11-14(4,5)20-12(17-18-19-20)15(16)9-7-6-8-10-15/h6-11,16H2,1-5H3. The molecule has 0 aromatic carbocycles. The van der Waals surface area contributed by atoms with Crippen LogP contribution in [0.15, 0.2) is 0 Å². The maximum absolute atomic E-state index is 6.62. The quantitative estimate of drug-likeness (QED) is 0.923. The Kier molecular flexibility index (Phi) is 3.93. The highest BCUT2D eigenvalue weighted by Crippen LogP contribution is 2.37. The van der Waals surface area contributed by atoms with Gasteiger partial charge in [-0.1, -0.05) is 40.0 Å². The summed E-state index contributed by atoms with van der Waals surface area (Å²) in [6.45, 7) is 11.1. The van der Waals surface area contributed by atoms with Crippen LogP contribution in [-0.2, 0) is 11.1 Å². The van der Waals surface area contributed by atoms with Crippen molar-refractivity contribution in [1.29, 1.82) is 0 Å². The Hall–Kier alpha value is -0.970. The second-order valence-electron chi connectivity index (χ2n) is 8.18. The van der Waals surface area contributed by atoms with E-state index in [4.69, 9.17) is 5.73 Å². The van der Waals surface area contributed by atoms with Crippen LogP contribution in [0, 0.1) is 5.41 Å². The largest absolute Gasteiger partial charge is 0.319 e. The number of hydrogen-bond donors (Lipinski definition) is 1. The van der Waals surface area contributed by atoms with Crippen molar-refractivity contribution in [3.8, 4) is 0 Å². The summed E-state index contributed by atoms with van der Waals surface area (Å²) in [6, 6.07) is 0. The molecule has 114 valence electrons. The summed E-state index contributed by atoms with van der Waals surface area (Å²) >= 11 is 0. The third-order valence-corrected chi connectivity index (χ3v) is 4.20. The number of hydrogen-bond acceptors (Lipinski definition) is 4. The molecular weight excluding hydrogens is 250 g/mol. The minimum atomic E-state index is -0.350. The highest BCUT2D eigenvalue weighted by molar-refractivity contribution is 5.07. The Bertz CT molecular complexity index is 449. The molecule has 20 heavy (non-hydrogen) atoms. The Morgan fingerprint density at radius 3 is 2.25 bits per heavy atom. The van der Waals surface area contributed by atoms with Crippen LogP contribution < -0.4 is 5.73 Å². The zero-order valence-corrected chi connectivity index (χ0v) is 13.6. The Morgan fingerprint density at radius 2 is 1.70 bits per heavy atom. The average Bonchev–Trinajstić information content (AvgIpc) is 2.76. The summed E-state index contributed by atoms with van der Waals surface area (Å²) in [4.78, 5) is 0. The van der Waals surface area contributed by atoms with Crippen molar-refractivity contribution in [3.05, 3.63) is 5.82 Å². The van der Waals surface area contributed by atoms with Gasteiger partial charge in [-0.3, -0.25) is 0 Å². The topological polar surface area (TPSA) is 69.6 Å². The van der Waals surface area contributed by atoms with E-state index < -0.39 is 0 Å². The molecule has 2 rings (SSSR count). The molecule has 0 spiro atoms. The molecule has 1 aromatic rings. The fourth-order valence-corrected chi connectivity index (χ4v) is 3.68. The predicted molar refractivity (Wildman–Crippen MR) is 80.2 cm³/mol. The Labute approximate surface area is 122 Å². The van der Waals surface area contributed by atoms with Gasteiger partial charge in [-0.25, -0.2) is 4.68 Å². The smallest absolute Gasteiger partial charge is 0.171 e. The van der Waals surface area contributed by atoms with Crippen LogP contribution in [0.1, 0.15) is 79.0 Å². The Balaban J connectivity index is 2.32. The van der Waals surface area contributed by atoms with Gasteiger partial charge in [0, 0.05) is 0 Å². The Morgan fingerprint density at radius 1 is 1.10 bits per heavy atom. The molecule has 0 bridgehead atoms. The first kappa shape index (κ1) is 15.4. The first-order chi connectivity index (χ1) is 9.14. The lowest BCUT2D eigenvalue weighted by atomic mass is 9.79. The van der Waals surface area contributed by atoms with E-state index >= 15 is 0 Å². The van der Waals surface area contributed by atoms with Crippen LogP contribution in [0.5, 0.6) is 0 Å². The fraction of sp³-hybridized carbons (Fsp3) is 0.933. The molecular formula is C15H29N5. The van der Waals surface area contributed by atoms with Crippen molar-refractivity contribution in [2.45, 2.75) is 84.2 Å². The molecule has 5 heteroatoms. The maximum Gasteiger partial charge on any atom is 0.171 e. The van der Waals surface area contributed by atoms with Crippen LogP contribution >= 0.6 is 0 Å². The highest BCUT2D eigenvalue weighted by atomic mass is 15.6. The molecule has 0 amide bonds. The van der Waals surface area contributed by atoms with Crippen molar-refractivity contribution >= 4 is 0 Å². The summed E-state index contributed by atoms with van der Waals surface area (Å²) in [5.74, 6) is 0.867. The number of nitrogens with zero attached hydrogens (tertiary/aromatic N) is 4. The highest BCUT2D eigenvalue weighted by Gasteiger charge is 2.39. The van der Waals surface area contributed by atoms with Gasteiger partial charge in [-0.05, 0) is 49.0 Å². The van der Waals surface area contributed by atoms with Crippen molar-refractivity contribution in [1.82, 2.24) is 20.2 Å². The molecule has 1 saturated carbocycles. The summed E-state index contributed by atoms with van der Waals surface area (Å²) < 4.78 is 1.98. The molecule has 1 aliphatic carbocycles. The molecule has 2 N–H and O–H groups in total. The molecule has 0 radical (unpaired) electrons. The average molecular weight is 279 g/mol. The van der Waals surface area contributed by atoms with Crippen LogP contribution in [0.25, 0.3) is 0 Å². The number of tetrazole rings is 1. The van der Waals surface area contributed by atoms with E-state index in [2.05, 4.69) is 50.1 Å². The van der Waals surface area contributed by atoms with Crippen LogP contribution in [0.3, 0.4) is 0 Å². The molecule has 0 unspecified atom stereocenters. The number of aromatic nitrogens is 4. The number of nitrogens with two attached hydrogens (primary N) is 1. The lowest BCUT2D eigenvalue weighted by Crippen LogP contribution is -2.45. The SMILES string of the molecule is CC(C)(C)CC(C)(C)n1nnnc1C1(N)CCCCC1. The molecule has 0 aliphatic heterocycles. The zero-order chi connectivity index (χ0) is 15.0. The van der Waals surface area contributed by atoms with E-state index in [1.807, 2.05) is 4.68 Å². The molecule has 0 atom stereocenters. The predicted octanol–water partition coefficient (Wildman–Crippen LogP) is 2.96. The van der Waals surface area contributed by atoms with Gasteiger partial charge < -0.3 is 5.73 Å².